The van der Waals surface area contributed by atoms with Crippen LogP contribution in [-0.2, 0) is 0 Å². The van der Waals surface area contributed by atoms with Gasteiger partial charge in [-0.3, -0.25) is 9.59 Å². The fraction of sp³-hybridized carbons (Fsp3) is 0.0476. The van der Waals surface area contributed by atoms with Crippen molar-refractivity contribution in [3.05, 3.63) is 96.1 Å². The highest BCUT2D eigenvalue weighted by atomic mass is 35.5. The van der Waals surface area contributed by atoms with Gasteiger partial charge in [0, 0.05) is 11.1 Å². The Hall–Kier alpha value is -2.71. The molecule has 0 aromatic heterocycles. The molecule has 3 aromatic carbocycles. The van der Waals surface area contributed by atoms with E-state index in [9.17, 15) is 9.59 Å². The van der Waals surface area contributed by atoms with E-state index in [2.05, 4.69) is 0 Å². The Morgan fingerprint density at radius 1 is 0.583 bits per heavy atom. The van der Waals surface area contributed by atoms with Crippen molar-refractivity contribution < 1.29 is 9.59 Å². The molecule has 2 nitrogen and oxygen atoms in total. The Kier molecular flexibility index (Phi) is 4.88. The van der Waals surface area contributed by atoms with Gasteiger partial charge in [-0.1, -0.05) is 84.9 Å². The minimum absolute atomic E-state index is 0.380. The maximum atomic E-state index is 12.5. The van der Waals surface area contributed by atoms with Crippen LogP contribution in [0.3, 0.4) is 0 Å². The van der Waals surface area contributed by atoms with Crippen molar-refractivity contribution in [2.45, 2.75) is 5.38 Å². The Balaban J connectivity index is 1.79. The molecule has 0 saturated heterocycles. The number of halogens is 1. The zero-order chi connectivity index (χ0) is 16.9. The quantitative estimate of drug-likeness (QED) is 0.372. The molecule has 0 fully saturated rings. The lowest BCUT2D eigenvalue weighted by Crippen LogP contribution is -2.24. The molecule has 0 aliphatic carbocycles. The molecule has 3 heteroatoms. The van der Waals surface area contributed by atoms with Crippen molar-refractivity contribution in [1.82, 2.24) is 0 Å². The molecule has 3 aromatic rings. The molecule has 1 unspecified atom stereocenters. The zero-order valence-corrected chi connectivity index (χ0v) is 13.6. The molecule has 3 rings (SSSR count). The van der Waals surface area contributed by atoms with E-state index in [4.69, 9.17) is 11.6 Å². The lowest BCUT2D eigenvalue weighted by atomic mass is 9.98. The monoisotopic (exact) mass is 334 g/mol. The normalized spacial score (nSPS) is 11.7. The summed E-state index contributed by atoms with van der Waals surface area (Å²) in [7, 11) is 0. The molecule has 0 radical (unpaired) electrons. The number of carbonyl (C=O) groups excluding carboxylic acids is 2. The number of hydrogen-bond acceptors (Lipinski definition) is 2. The summed E-state index contributed by atoms with van der Waals surface area (Å²) in [6.07, 6.45) is 0. The van der Waals surface area contributed by atoms with Gasteiger partial charge in [-0.15, -0.1) is 11.6 Å². The highest BCUT2D eigenvalue weighted by Gasteiger charge is 2.26. The Bertz CT molecular complexity index is 840. The molecule has 0 heterocycles. The van der Waals surface area contributed by atoms with Crippen LogP contribution in [0, 0.1) is 0 Å². The molecule has 0 N–H and O–H groups in total. The predicted octanol–water partition coefficient (Wildman–Crippen LogP) is 5.03. The molecule has 0 aliphatic heterocycles. The summed E-state index contributed by atoms with van der Waals surface area (Å²) in [6.45, 7) is 0. The molecule has 0 spiro atoms. The summed E-state index contributed by atoms with van der Waals surface area (Å²) in [6, 6.07) is 25.6. The lowest BCUT2D eigenvalue weighted by Gasteiger charge is -2.09. The molecular weight excluding hydrogens is 320 g/mol. The Morgan fingerprint density at radius 2 is 1.00 bits per heavy atom. The second kappa shape index (κ2) is 7.24. The Labute approximate surface area is 145 Å². The third-order valence-electron chi connectivity index (χ3n) is 3.80. The number of benzene rings is 3. The van der Waals surface area contributed by atoms with E-state index < -0.39 is 5.38 Å². The van der Waals surface area contributed by atoms with Crippen LogP contribution in [-0.4, -0.2) is 16.9 Å². The van der Waals surface area contributed by atoms with Crippen LogP contribution in [0.1, 0.15) is 20.7 Å². The summed E-state index contributed by atoms with van der Waals surface area (Å²) in [5, 5.41) is -1.21. The molecule has 0 bridgehead atoms. The number of rotatable bonds is 5. The first-order chi connectivity index (χ1) is 11.7. The van der Waals surface area contributed by atoms with Gasteiger partial charge < -0.3 is 0 Å². The maximum Gasteiger partial charge on any atom is 0.188 e. The molecule has 0 amide bonds. The lowest BCUT2D eigenvalue weighted by molar-refractivity contribution is 0.0900. The second-order valence-corrected chi connectivity index (χ2v) is 5.84. The van der Waals surface area contributed by atoms with E-state index in [0.717, 1.165) is 11.1 Å². The molecule has 0 saturated carbocycles. The van der Waals surface area contributed by atoms with Crippen molar-refractivity contribution in [1.29, 1.82) is 0 Å². The number of ketones is 2. The van der Waals surface area contributed by atoms with Gasteiger partial charge in [-0.25, -0.2) is 0 Å². The highest BCUT2D eigenvalue weighted by molar-refractivity contribution is 6.46. The third-order valence-corrected chi connectivity index (χ3v) is 4.19. The van der Waals surface area contributed by atoms with Crippen LogP contribution in [0.2, 0.25) is 0 Å². The van der Waals surface area contributed by atoms with Gasteiger partial charge >= 0.3 is 0 Å². The zero-order valence-electron chi connectivity index (χ0n) is 12.9. The molecular formula is C21H15ClO2. The van der Waals surface area contributed by atoms with E-state index in [0.29, 0.717) is 11.1 Å². The van der Waals surface area contributed by atoms with Crippen LogP contribution in [0.25, 0.3) is 11.1 Å². The van der Waals surface area contributed by atoms with Crippen LogP contribution in [0.4, 0.5) is 0 Å². The smallest absolute Gasteiger partial charge is 0.188 e. The summed E-state index contributed by atoms with van der Waals surface area (Å²) in [5.74, 6) is -0.764. The number of Topliss-reactive ketones (excluding diaryl/α,β-unsaturated/α-hetero) is 2. The average molecular weight is 335 g/mol. The first kappa shape index (κ1) is 16.2. The van der Waals surface area contributed by atoms with E-state index in [-0.39, 0.29) is 11.6 Å². The van der Waals surface area contributed by atoms with Crippen LogP contribution in [0.5, 0.6) is 0 Å². The van der Waals surface area contributed by atoms with Gasteiger partial charge in [0.2, 0.25) is 0 Å². The predicted molar refractivity (Wildman–Crippen MR) is 96.6 cm³/mol. The van der Waals surface area contributed by atoms with Crippen molar-refractivity contribution >= 4 is 23.2 Å². The van der Waals surface area contributed by atoms with Crippen molar-refractivity contribution in [2.75, 3.05) is 0 Å². The average Bonchev–Trinajstić information content (AvgIpc) is 2.68. The molecule has 24 heavy (non-hydrogen) atoms. The summed E-state index contributed by atoms with van der Waals surface area (Å²) in [5.41, 5.74) is 2.94. The minimum atomic E-state index is -1.21. The van der Waals surface area contributed by atoms with Crippen molar-refractivity contribution in [3.63, 3.8) is 0 Å². The van der Waals surface area contributed by atoms with Crippen LogP contribution in [0.15, 0.2) is 84.9 Å². The van der Waals surface area contributed by atoms with Crippen LogP contribution >= 0.6 is 11.6 Å². The van der Waals surface area contributed by atoms with Crippen molar-refractivity contribution in [3.8, 4) is 11.1 Å². The first-order valence-corrected chi connectivity index (χ1v) is 8.03. The van der Waals surface area contributed by atoms with E-state index in [1.54, 1.807) is 36.4 Å². The van der Waals surface area contributed by atoms with Gasteiger partial charge in [-0.2, -0.15) is 0 Å². The van der Waals surface area contributed by atoms with Gasteiger partial charge in [-0.05, 0) is 11.1 Å². The molecule has 1 atom stereocenters. The van der Waals surface area contributed by atoms with Gasteiger partial charge in [0.1, 0.15) is 0 Å². The number of hydrogen-bond donors (Lipinski definition) is 0. The SMILES string of the molecule is O=C(c1ccccc1)C(Cl)C(=O)c1ccc(-c2ccccc2)cc1. The second-order valence-electron chi connectivity index (χ2n) is 5.40. The van der Waals surface area contributed by atoms with Gasteiger partial charge in [0.15, 0.2) is 16.9 Å². The minimum Gasteiger partial charge on any atom is -0.292 e. The molecule has 0 aliphatic rings. The van der Waals surface area contributed by atoms with E-state index in [1.165, 1.54) is 0 Å². The van der Waals surface area contributed by atoms with E-state index in [1.807, 2.05) is 48.5 Å². The standard InChI is InChI=1S/C21H15ClO2/c22-19(20(23)17-9-5-2-6-10-17)21(24)18-13-11-16(12-14-18)15-7-3-1-4-8-15/h1-14,19H. The van der Waals surface area contributed by atoms with Crippen molar-refractivity contribution in [2.24, 2.45) is 0 Å². The fourth-order valence-corrected chi connectivity index (χ4v) is 2.72. The third kappa shape index (κ3) is 3.44. The summed E-state index contributed by atoms with van der Waals surface area (Å²) < 4.78 is 0. The maximum absolute atomic E-state index is 12.5. The topological polar surface area (TPSA) is 34.1 Å². The van der Waals surface area contributed by atoms with Gasteiger partial charge in [0.25, 0.3) is 0 Å². The van der Waals surface area contributed by atoms with Crippen LogP contribution < -0.4 is 0 Å². The fourth-order valence-electron chi connectivity index (χ4n) is 2.47. The number of carbonyl (C=O) groups is 2. The highest BCUT2D eigenvalue weighted by Crippen LogP contribution is 2.21. The Morgan fingerprint density at radius 3 is 1.54 bits per heavy atom. The summed E-state index contributed by atoms with van der Waals surface area (Å²) in [4.78, 5) is 24.7. The first-order valence-electron chi connectivity index (χ1n) is 7.60. The van der Waals surface area contributed by atoms with E-state index >= 15 is 0 Å². The number of alkyl halides is 1. The van der Waals surface area contributed by atoms with Gasteiger partial charge in [0.05, 0.1) is 0 Å². The summed E-state index contributed by atoms with van der Waals surface area (Å²) >= 11 is 6.11. The molecule has 118 valence electrons. The largest absolute Gasteiger partial charge is 0.292 e.